The van der Waals surface area contributed by atoms with Crippen LogP contribution >= 0.6 is 0 Å². The number of fused-ring (bicyclic) bond motifs is 1. The van der Waals surface area contributed by atoms with E-state index < -0.39 is 5.97 Å². The quantitative estimate of drug-likeness (QED) is 0.895. The molecule has 0 spiro atoms. The van der Waals surface area contributed by atoms with Crippen LogP contribution in [0.15, 0.2) is 28.7 Å². The Morgan fingerprint density at radius 3 is 2.61 bits per heavy atom. The molecule has 2 N–H and O–H groups in total. The van der Waals surface area contributed by atoms with Gasteiger partial charge in [-0.2, -0.15) is 0 Å². The summed E-state index contributed by atoms with van der Waals surface area (Å²) in [4.78, 5) is 23.1. The Labute approximate surface area is 131 Å². The molecule has 1 aromatic carbocycles. The number of nitrogens with one attached hydrogen (secondary N) is 1. The van der Waals surface area contributed by atoms with E-state index in [1.165, 1.54) is 6.07 Å². The van der Waals surface area contributed by atoms with Crippen LogP contribution in [0.2, 0.25) is 0 Å². The van der Waals surface area contributed by atoms with Crippen molar-refractivity contribution in [3.05, 3.63) is 46.9 Å². The SMILES string of the molecule is Cc1oc(CNC(=O)c2ccc3c(c2)OCCO3)cc1C(=O)O. The molecule has 7 nitrogen and oxygen atoms in total. The van der Waals surface area contributed by atoms with E-state index >= 15 is 0 Å². The van der Waals surface area contributed by atoms with E-state index in [1.807, 2.05) is 0 Å². The van der Waals surface area contributed by atoms with Crippen molar-refractivity contribution in [1.82, 2.24) is 5.32 Å². The van der Waals surface area contributed by atoms with Gasteiger partial charge in [-0.25, -0.2) is 4.79 Å². The number of aromatic carboxylic acids is 1. The van der Waals surface area contributed by atoms with E-state index in [2.05, 4.69) is 5.32 Å². The molecule has 0 aliphatic carbocycles. The van der Waals surface area contributed by atoms with Gasteiger partial charge in [-0.1, -0.05) is 0 Å². The molecule has 23 heavy (non-hydrogen) atoms. The highest BCUT2D eigenvalue weighted by molar-refractivity contribution is 5.95. The van der Waals surface area contributed by atoms with Crippen LogP contribution in [0.1, 0.15) is 32.2 Å². The van der Waals surface area contributed by atoms with Crippen LogP contribution in [0.3, 0.4) is 0 Å². The van der Waals surface area contributed by atoms with Gasteiger partial charge >= 0.3 is 5.97 Å². The fourth-order valence-electron chi connectivity index (χ4n) is 2.30. The molecule has 1 aromatic heterocycles. The zero-order valence-corrected chi connectivity index (χ0v) is 12.4. The molecular weight excluding hydrogens is 302 g/mol. The number of hydrogen-bond acceptors (Lipinski definition) is 5. The number of ether oxygens (including phenoxy) is 2. The monoisotopic (exact) mass is 317 g/mol. The van der Waals surface area contributed by atoms with Crippen LogP contribution in [-0.2, 0) is 6.54 Å². The second-order valence-corrected chi connectivity index (χ2v) is 5.03. The minimum absolute atomic E-state index is 0.0913. The lowest BCUT2D eigenvalue weighted by atomic mass is 10.2. The van der Waals surface area contributed by atoms with Crippen molar-refractivity contribution in [3.63, 3.8) is 0 Å². The standard InChI is InChI=1S/C16H15NO6/c1-9-12(16(19)20)7-11(23-9)8-17-15(18)10-2-3-13-14(6-10)22-5-4-21-13/h2-3,6-7H,4-5,8H2,1H3,(H,17,18)(H,19,20). The summed E-state index contributed by atoms with van der Waals surface area (Å²) in [7, 11) is 0. The summed E-state index contributed by atoms with van der Waals surface area (Å²) in [6.45, 7) is 2.60. The first-order valence-electron chi connectivity index (χ1n) is 7.05. The van der Waals surface area contributed by atoms with Gasteiger partial charge in [-0.3, -0.25) is 4.79 Å². The molecule has 7 heteroatoms. The molecule has 0 atom stereocenters. The van der Waals surface area contributed by atoms with Crippen molar-refractivity contribution in [2.75, 3.05) is 13.2 Å². The van der Waals surface area contributed by atoms with Gasteiger partial charge in [-0.15, -0.1) is 0 Å². The molecule has 1 amide bonds. The van der Waals surface area contributed by atoms with Crippen LogP contribution in [0.25, 0.3) is 0 Å². The normalized spacial score (nSPS) is 12.7. The second-order valence-electron chi connectivity index (χ2n) is 5.03. The van der Waals surface area contributed by atoms with Gasteiger partial charge in [0.25, 0.3) is 5.91 Å². The van der Waals surface area contributed by atoms with Crippen molar-refractivity contribution < 1.29 is 28.6 Å². The predicted molar refractivity (Wildman–Crippen MR) is 79.0 cm³/mol. The third kappa shape index (κ3) is 3.13. The van der Waals surface area contributed by atoms with E-state index in [0.29, 0.717) is 41.8 Å². The Morgan fingerprint density at radius 2 is 1.91 bits per heavy atom. The zero-order valence-electron chi connectivity index (χ0n) is 12.4. The smallest absolute Gasteiger partial charge is 0.339 e. The van der Waals surface area contributed by atoms with Gasteiger partial charge in [0, 0.05) is 5.56 Å². The third-order valence-electron chi connectivity index (χ3n) is 3.43. The van der Waals surface area contributed by atoms with Crippen LogP contribution in [0.5, 0.6) is 11.5 Å². The number of aryl methyl sites for hydroxylation is 1. The number of amides is 1. The van der Waals surface area contributed by atoms with E-state index in [4.69, 9.17) is 19.0 Å². The number of hydrogen-bond donors (Lipinski definition) is 2. The summed E-state index contributed by atoms with van der Waals surface area (Å²) in [6, 6.07) is 6.34. The molecular formula is C16H15NO6. The summed E-state index contributed by atoms with van der Waals surface area (Å²) >= 11 is 0. The number of carboxylic acids is 1. The number of carboxylic acid groups (broad SMARTS) is 1. The molecule has 0 radical (unpaired) electrons. The van der Waals surface area contributed by atoms with E-state index in [0.717, 1.165) is 0 Å². The maximum absolute atomic E-state index is 12.2. The summed E-state index contributed by atoms with van der Waals surface area (Å²) in [5, 5.41) is 11.7. The van der Waals surface area contributed by atoms with Crippen LogP contribution in [0, 0.1) is 6.92 Å². The van der Waals surface area contributed by atoms with Crippen molar-refractivity contribution in [2.45, 2.75) is 13.5 Å². The summed E-state index contributed by atoms with van der Waals surface area (Å²) in [6.07, 6.45) is 0. The third-order valence-corrected chi connectivity index (χ3v) is 3.43. The zero-order chi connectivity index (χ0) is 16.4. The van der Waals surface area contributed by atoms with Crippen molar-refractivity contribution in [1.29, 1.82) is 0 Å². The lowest BCUT2D eigenvalue weighted by Gasteiger charge is -2.18. The number of furan rings is 1. The van der Waals surface area contributed by atoms with Gasteiger partial charge in [0.2, 0.25) is 0 Å². The molecule has 0 unspecified atom stereocenters. The first-order valence-corrected chi connectivity index (χ1v) is 7.05. The molecule has 120 valence electrons. The maximum atomic E-state index is 12.2. The summed E-state index contributed by atoms with van der Waals surface area (Å²) in [5.74, 6) is 0.460. The van der Waals surface area contributed by atoms with Gasteiger partial charge in [0.1, 0.15) is 30.3 Å². The largest absolute Gasteiger partial charge is 0.486 e. The molecule has 1 aliphatic rings. The molecule has 0 fully saturated rings. The molecule has 3 rings (SSSR count). The Bertz CT molecular complexity index is 764. The minimum atomic E-state index is -1.06. The topological polar surface area (TPSA) is 98.0 Å². The predicted octanol–water partition coefficient (Wildman–Crippen LogP) is 1.99. The summed E-state index contributed by atoms with van der Waals surface area (Å²) < 4.78 is 16.1. The Balaban J connectivity index is 1.67. The number of carbonyl (C=O) groups excluding carboxylic acids is 1. The van der Waals surface area contributed by atoms with Crippen molar-refractivity contribution >= 4 is 11.9 Å². The van der Waals surface area contributed by atoms with Crippen molar-refractivity contribution in [3.8, 4) is 11.5 Å². The van der Waals surface area contributed by atoms with E-state index in [1.54, 1.807) is 25.1 Å². The van der Waals surface area contributed by atoms with E-state index in [9.17, 15) is 9.59 Å². The Morgan fingerprint density at radius 1 is 1.17 bits per heavy atom. The number of rotatable bonds is 4. The lowest BCUT2D eigenvalue weighted by molar-refractivity contribution is 0.0694. The average molecular weight is 317 g/mol. The maximum Gasteiger partial charge on any atom is 0.339 e. The highest BCUT2D eigenvalue weighted by Gasteiger charge is 2.17. The van der Waals surface area contributed by atoms with Gasteiger partial charge in [0.05, 0.1) is 6.54 Å². The highest BCUT2D eigenvalue weighted by atomic mass is 16.6. The number of carbonyl (C=O) groups is 2. The highest BCUT2D eigenvalue weighted by Crippen LogP contribution is 2.30. The van der Waals surface area contributed by atoms with Crippen molar-refractivity contribution in [2.24, 2.45) is 0 Å². The van der Waals surface area contributed by atoms with Crippen LogP contribution < -0.4 is 14.8 Å². The molecule has 1 aliphatic heterocycles. The minimum Gasteiger partial charge on any atom is -0.486 e. The molecule has 2 aromatic rings. The van der Waals surface area contributed by atoms with Gasteiger partial charge in [0.15, 0.2) is 11.5 Å². The first kappa shape index (κ1) is 15.0. The first-order chi connectivity index (χ1) is 11.0. The summed E-state index contributed by atoms with van der Waals surface area (Å²) in [5.41, 5.74) is 0.518. The Kier molecular flexibility index (Phi) is 3.92. The number of benzene rings is 1. The van der Waals surface area contributed by atoms with Gasteiger partial charge < -0.3 is 24.3 Å². The van der Waals surface area contributed by atoms with E-state index in [-0.39, 0.29) is 18.0 Å². The lowest BCUT2D eigenvalue weighted by Crippen LogP contribution is -2.23. The van der Waals surface area contributed by atoms with Crippen LogP contribution in [-0.4, -0.2) is 30.2 Å². The molecule has 2 heterocycles. The molecule has 0 saturated carbocycles. The van der Waals surface area contributed by atoms with Crippen LogP contribution in [0.4, 0.5) is 0 Å². The molecule has 0 bridgehead atoms. The Hall–Kier alpha value is -2.96. The average Bonchev–Trinajstić information content (AvgIpc) is 2.93. The molecule has 0 saturated heterocycles. The van der Waals surface area contributed by atoms with Gasteiger partial charge in [-0.05, 0) is 31.2 Å². The second kappa shape index (κ2) is 6.04. The fraction of sp³-hybridized carbons (Fsp3) is 0.250. The fourth-order valence-corrected chi connectivity index (χ4v) is 2.30.